The molecule has 1 atom stereocenters. The Labute approximate surface area is 247 Å². The molecule has 11 heteroatoms. The molecule has 0 aliphatic rings. The van der Waals surface area contributed by atoms with E-state index in [1.54, 1.807) is 37.3 Å². The summed E-state index contributed by atoms with van der Waals surface area (Å²) in [5.74, 6) is 0.391. The third kappa shape index (κ3) is 8.37. The lowest BCUT2D eigenvalue weighted by Crippen LogP contribution is -2.51. The topological polar surface area (TPSA) is 105 Å². The van der Waals surface area contributed by atoms with Gasteiger partial charge in [-0.05, 0) is 79.1 Å². The van der Waals surface area contributed by atoms with Crippen molar-refractivity contribution in [2.24, 2.45) is 5.92 Å². The van der Waals surface area contributed by atoms with E-state index in [4.69, 9.17) is 21.1 Å². The van der Waals surface area contributed by atoms with Crippen LogP contribution in [0.1, 0.15) is 26.3 Å². The molecule has 0 aromatic heterocycles. The summed E-state index contributed by atoms with van der Waals surface area (Å²) < 4.78 is 39.3. The van der Waals surface area contributed by atoms with Crippen LogP contribution in [0.15, 0.2) is 77.7 Å². The van der Waals surface area contributed by atoms with Gasteiger partial charge in [0.25, 0.3) is 10.0 Å². The summed E-state index contributed by atoms with van der Waals surface area (Å²) in [6, 6.07) is 18.3. The Hall–Kier alpha value is -3.76. The SMILES string of the molecule is COc1ccc(S(=O)(=O)N(CC(=O)N(Cc2cccc(OC)c2)C(C)C(=O)NCC(C)C)c2ccc(Cl)cc2)cc1. The number of hydrogen-bond acceptors (Lipinski definition) is 6. The van der Waals surface area contributed by atoms with E-state index in [9.17, 15) is 18.0 Å². The summed E-state index contributed by atoms with van der Waals surface area (Å²) in [6.45, 7) is 5.51. The average molecular weight is 602 g/mol. The Morgan fingerprint density at radius 2 is 1.54 bits per heavy atom. The minimum Gasteiger partial charge on any atom is -0.497 e. The Morgan fingerprint density at radius 3 is 2.12 bits per heavy atom. The van der Waals surface area contributed by atoms with Crippen LogP contribution < -0.4 is 19.1 Å². The number of ether oxygens (including phenoxy) is 2. The molecule has 1 N–H and O–H groups in total. The van der Waals surface area contributed by atoms with Gasteiger partial charge < -0.3 is 19.7 Å². The molecule has 0 fully saturated rings. The predicted molar refractivity (Wildman–Crippen MR) is 160 cm³/mol. The number of amides is 2. The maximum atomic E-state index is 14.0. The minimum atomic E-state index is -4.20. The Balaban J connectivity index is 2.02. The van der Waals surface area contributed by atoms with Crippen LogP contribution in [0.25, 0.3) is 0 Å². The normalized spacial score (nSPS) is 12.0. The number of sulfonamides is 1. The van der Waals surface area contributed by atoms with Crippen molar-refractivity contribution in [3.05, 3.63) is 83.4 Å². The van der Waals surface area contributed by atoms with Crippen molar-refractivity contribution < 1.29 is 27.5 Å². The monoisotopic (exact) mass is 601 g/mol. The van der Waals surface area contributed by atoms with Crippen LogP contribution in [0.3, 0.4) is 0 Å². The molecule has 3 aromatic carbocycles. The fraction of sp³-hybridized carbons (Fsp3) is 0.333. The molecule has 1 unspecified atom stereocenters. The highest BCUT2D eigenvalue weighted by Crippen LogP contribution is 2.27. The van der Waals surface area contributed by atoms with Crippen molar-refractivity contribution in [3.63, 3.8) is 0 Å². The zero-order chi connectivity index (χ0) is 30.2. The molecule has 0 aliphatic carbocycles. The number of carbonyl (C=O) groups excluding carboxylic acids is 2. The van der Waals surface area contributed by atoms with Gasteiger partial charge in [-0.15, -0.1) is 0 Å². The molecule has 0 saturated carbocycles. The third-order valence-electron chi connectivity index (χ3n) is 6.38. The summed E-state index contributed by atoms with van der Waals surface area (Å²) >= 11 is 6.07. The van der Waals surface area contributed by atoms with Crippen molar-refractivity contribution in [1.82, 2.24) is 10.2 Å². The zero-order valence-corrected chi connectivity index (χ0v) is 25.4. The summed E-state index contributed by atoms with van der Waals surface area (Å²) in [5, 5.41) is 3.28. The molecule has 0 bridgehead atoms. The minimum absolute atomic E-state index is 0.0249. The second-order valence-electron chi connectivity index (χ2n) is 9.85. The van der Waals surface area contributed by atoms with Crippen LogP contribution in [-0.2, 0) is 26.2 Å². The van der Waals surface area contributed by atoms with E-state index < -0.39 is 28.5 Å². The van der Waals surface area contributed by atoms with Gasteiger partial charge in [0.15, 0.2) is 0 Å². The first kappa shape index (κ1) is 31.8. The van der Waals surface area contributed by atoms with E-state index in [1.807, 2.05) is 19.9 Å². The Morgan fingerprint density at radius 1 is 0.902 bits per heavy atom. The molecule has 220 valence electrons. The summed E-state index contributed by atoms with van der Waals surface area (Å²) in [6.07, 6.45) is 0. The fourth-order valence-corrected chi connectivity index (χ4v) is 5.55. The molecule has 3 rings (SSSR count). The van der Waals surface area contributed by atoms with Gasteiger partial charge in [0, 0.05) is 18.1 Å². The van der Waals surface area contributed by atoms with Crippen molar-refractivity contribution in [2.75, 3.05) is 31.6 Å². The highest BCUT2D eigenvalue weighted by Gasteiger charge is 2.32. The van der Waals surface area contributed by atoms with Crippen LogP contribution in [0.5, 0.6) is 11.5 Å². The van der Waals surface area contributed by atoms with Gasteiger partial charge in [0.1, 0.15) is 24.1 Å². The third-order valence-corrected chi connectivity index (χ3v) is 8.42. The molecule has 0 spiro atoms. The lowest BCUT2D eigenvalue weighted by Gasteiger charge is -2.32. The van der Waals surface area contributed by atoms with E-state index >= 15 is 0 Å². The molecular formula is C30H36ClN3O6S. The number of nitrogens with zero attached hydrogens (tertiary/aromatic N) is 2. The Kier molecular flexibility index (Phi) is 11.0. The number of anilines is 1. The second-order valence-corrected chi connectivity index (χ2v) is 12.2. The predicted octanol–water partition coefficient (Wildman–Crippen LogP) is 4.74. The average Bonchev–Trinajstić information content (AvgIpc) is 2.97. The van der Waals surface area contributed by atoms with Gasteiger partial charge in [-0.25, -0.2) is 8.42 Å². The smallest absolute Gasteiger partial charge is 0.264 e. The van der Waals surface area contributed by atoms with Gasteiger partial charge in [-0.3, -0.25) is 13.9 Å². The van der Waals surface area contributed by atoms with Crippen molar-refractivity contribution in [3.8, 4) is 11.5 Å². The highest BCUT2D eigenvalue weighted by molar-refractivity contribution is 7.92. The van der Waals surface area contributed by atoms with Gasteiger partial charge in [-0.2, -0.15) is 0 Å². The molecule has 0 radical (unpaired) electrons. The van der Waals surface area contributed by atoms with E-state index in [2.05, 4.69) is 5.32 Å². The van der Waals surface area contributed by atoms with Gasteiger partial charge in [0.05, 0.1) is 24.8 Å². The first-order valence-electron chi connectivity index (χ1n) is 13.1. The number of nitrogens with one attached hydrogen (secondary N) is 1. The first-order valence-corrected chi connectivity index (χ1v) is 14.9. The largest absolute Gasteiger partial charge is 0.497 e. The fourth-order valence-electron chi connectivity index (χ4n) is 4.01. The Bertz CT molecular complexity index is 1430. The molecule has 41 heavy (non-hydrogen) atoms. The van der Waals surface area contributed by atoms with Crippen LogP contribution in [0, 0.1) is 5.92 Å². The summed E-state index contributed by atoms with van der Waals surface area (Å²) in [4.78, 5) is 28.4. The molecule has 0 heterocycles. The van der Waals surface area contributed by atoms with E-state index in [-0.39, 0.29) is 29.0 Å². The van der Waals surface area contributed by atoms with E-state index in [0.29, 0.717) is 23.1 Å². The quantitative estimate of drug-likeness (QED) is 0.303. The summed E-state index contributed by atoms with van der Waals surface area (Å²) in [7, 11) is -1.18. The van der Waals surface area contributed by atoms with E-state index in [1.165, 1.54) is 55.5 Å². The molecule has 9 nitrogen and oxygen atoms in total. The lowest BCUT2D eigenvalue weighted by molar-refractivity contribution is -0.139. The molecular weight excluding hydrogens is 566 g/mol. The number of carbonyl (C=O) groups is 2. The molecule has 3 aromatic rings. The maximum absolute atomic E-state index is 14.0. The summed E-state index contributed by atoms with van der Waals surface area (Å²) in [5.41, 5.74) is 0.967. The van der Waals surface area contributed by atoms with Gasteiger partial charge in [-0.1, -0.05) is 37.6 Å². The number of methoxy groups -OCH3 is 2. The number of benzene rings is 3. The van der Waals surface area contributed by atoms with Crippen molar-refractivity contribution in [1.29, 1.82) is 0 Å². The standard InChI is InChI=1S/C30H36ClN3O6S/c1-21(2)18-32-30(36)22(3)33(19-23-7-6-8-27(17-23)40-5)29(35)20-34(25-11-9-24(31)10-12-25)41(37,38)28-15-13-26(39-4)14-16-28/h6-17,21-22H,18-20H2,1-5H3,(H,32,36). The van der Waals surface area contributed by atoms with Crippen LogP contribution in [-0.4, -0.2) is 58.5 Å². The number of rotatable bonds is 13. The lowest BCUT2D eigenvalue weighted by atomic mass is 10.1. The first-order chi connectivity index (χ1) is 19.5. The van der Waals surface area contributed by atoms with Crippen LogP contribution >= 0.6 is 11.6 Å². The number of halogens is 1. The van der Waals surface area contributed by atoms with Crippen LogP contribution in [0.2, 0.25) is 5.02 Å². The zero-order valence-electron chi connectivity index (χ0n) is 23.8. The van der Waals surface area contributed by atoms with Gasteiger partial charge in [0.2, 0.25) is 11.8 Å². The molecule has 2 amide bonds. The highest BCUT2D eigenvalue weighted by atomic mass is 35.5. The second kappa shape index (κ2) is 14.2. The van der Waals surface area contributed by atoms with Crippen LogP contribution in [0.4, 0.5) is 5.69 Å². The molecule has 0 saturated heterocycles. The molecule has 0 aliphatic heterocycles. The maximum Gasteiger partial charge on any atom is 0.264 e. The van der Waals surface area contributed by atoms with Crippen molar-refractivity contribution >= 4 is 39.1 Å². The number of hydrogen-bond donors (Lipinski definition) is 1. The van der Waals surface area contributed by atoms with Gasteiger partial charge >= 0.3 is 0 Å². The van der Waals surface area contributed by atoms with Crippen molar-refractivity contribution in [2.45, 2.75) is 38.3 Å². The van der Waals surface area contributed by atoms with E-state index in [0.717, 1.165) is 9.87 Å².